The minimum Gasteiger partial charge on any atom is -0.334 e. The van der Waals surface area contributed by atoms with Crippen molar-refractivity contribution in [1.29, 1.82) is 0 Å². The Balaban J connectivity index is 2.62. The third-order valence-corrected chi connectivity index (χ3v) is 4.42. The molecule has 3 nitrogen and oxygen atoms in total. The van der Waals surface area contributed by atoms with Gasteiger partial charge >= 0.3 is 0 Å². The van der Waals surface area contributed by atoms with Gasteiger partial charge in [-0.2, -0.15) is 11.8 Å². The van der Waals surface area contributed by atoms with Crippen LogP contribution in [0.2, 0.25) is 0 Å². The van der Waals surface area contributed by atoms with Gasteiger partial charge in [-0.3, -0.25) is 0 Å². The van der Waals surface area contributed by atoms with E-state index >= 15 is 0 Å². The highest BCUT2D eigenvalue weighted by molar-refractivity contribution is 7.99. The van der Waals surface area contributed by atoms with Gasteiger partial charge in [-0.25, -0.2) is 4.98 Å². The van der Waals surface area contributed by atoms with Crippen LogP contribution in [0.15, 0.2) is 12.4 Å². The van der Waals surface area contributed by atoms with E-state index in [2.05, 4.69) is 41.8 Å². The molecule has 0 aliphatic rings. The Labute approximate surface area is 109 Å². The molecule has 98 valence electrons. The first-order chi connectivity index (χ1) is 8.22. The first-order valence-corrected chi connectivity index (χ1v) is 7.57. The molecule has 17 heavy (non-hydrogen) atoms. The van der Waals surface area contributed by atoms with Crippen molar-refractivity contribution in [3.63, 3.8) is 0 Å². The highest BCUT2D eigenvalue weighted by Crippen LogP contribution is 2.21. The second-order valence-electron chi connectivity index (χ2n) is 4.37. The predicted molar refractivity (Wildman–Crippen MR) is 76.5 cm³/mol. The van der Waals surface area contributed by atoms with Gasteiger partial charge in [0.05, 0.1) is 6.04 Å². The van der Waals surface area contributed by atoms with Crippen molar-refractivity contribution in [3.05, 3.63) is 18.2 Å². The Bertz CT molecular complexity index is 311. The number of nitrogens with one attached hydrogen (secondary N) is 1. The number of imidazole rings is 1. The van der Waals surface area contributed by atoms with Crippen LogP contribution in [0.1, 0.15) is 45.5 Å². The van der Waals surface area contributed by atoms with Crippen molar-refractivity contribution in [2.75, 3.05) is 12.8 Å². The topological polar surface area (TPSA) is 29.9 Å². The minimum atomic E-state index is 0.357. The van der Waals surface area contributed by atoms with Gasteiger partial charge in [0.25, 0.3) is 0 Å². The first-order valence-electron chi connectivity index (χ1n) is 6.52. The molecule has 1 rings (SSSR count). The molecular weight excluding hydrogens is 230 g/mol. The Hall–Kier alpha value is -0.480. The van der Waals surface area contributed by atoms with E-state index in [9.17, 15) is 0 Å². The third-order valence-electron chi connectivity index (χ3n) is 2.99. The van der Waals surface area contributed by atoms with Crippen LogP contribution in [0.4, 0.5) is 0 Å². The van der Waals surface area contributed by atoms with Gasteiger partial charge in [0.2, 0.25) is 0 Å². The molecule has 1 aromatic rings. The van der Waals surface area contributed by atoms with Gasteiger partial charge in [-0.1, -0.05) is 20.8 Å². The Kier molecular flexibility index (Phi) is 6.66. The minimum absolute atomic E-state index is 0.357. The van der Waals surface area contributed by atoms with Crippen molar-refractivity contribution >= 4 is 11.8 Å². The number of hydrogen-bond donors (Lipinski definition) is 1. The van der Waals surface area contributed by atoms with Gasteiger partial charge in [-0.15, -0.1) is 0 Å². The molecule has 0 radical (unpaired) electrons. The van der Waals surface area contributed by atoms with E-state index in [1.165, 1.54) is 12.2 Å². The van der Waals surface area contributed by atoms with E-state index < -0.39 is 0 Å². The van der Waals surface area contributed by atoms with Crippen molar-refractivity contribution in [2.45, 2.75) is 51.4 Å². The van der Waals surface area contributed by atoms with Crippen LogP contribution in [0, 0.1) is 0 Å². The van der Waals surface area contributed by atoms with Crippen molar-refractivity contribution < 1.29 is 0 Å². The van der Waals surface area contributed by atoms with Crippen LogP contribution in [-0.2, 0) is 6.54 Å². The summed E-state index contributed by atoms with van der Waals surface area (Å²) in [5.74, 6) is 2.26. The van der Waals surface area contributed by atoms with Gasteiger partial charge in [0.1, 0.15) is 5.82 Å². The SMILES string of the molecule is CCCn1ccnc1C(CSC(C)CC)NC. The molecule has 0 amide bonds. The molecule has 0 aromatic carbocycles. The molecule has 0 aliphatic carbocycles. The number of thioether (sulfide) groups is 1. The fourth-order valence-electron chi connectivity index (χ4n) is 1.73. The second-order valence-corrected chi connectivity index (χ2v) is 5.84. The smallest absolute Gasteiger partial charge is 0.126 e. The van der Waals surface area contributed by atoms with E-state index in [1.54, 1.807) is 0 Å². The maximum Gasteiger partial charge on any atom is 0.126 e. The summed E-state index contributed by atoms with van der Waals surface area (Å²) in [6, 6.07) is 0.357. The van der Waals surface area contributed by atoms with Crippen LogP contribution in [0.5, 0.6) is 0 Å². The van der Waals surface area contributed by atoms with Crippen LogP contribution < -0.4 is 5.32 Å². The monoisotopic (exact) mass is 255 g/mol. The second kappa shape index (κ2) is 7.77. The number of rotatable bonds is 8. The van der Waals surface area contributed by atoms with Crippen LogP contribution >= 0.6 is 11.8 Å². The molecule has 0 saturated heterocycles. The normalized spacial score (nSPS) is 14.8. The highest BCUT2D eigenvalue weighted by atomic mass is 32.2. The molecule has 0 bridgehead atoms. The molecule has 4 heteroatoms. The summed E-state index contributed by atoms with van der Waals surface area (Å²) in [5.41, 5.74) is 0. The molecule has 1 aromatic heterocycles. The van der Waals surface area contributed by atoms with Crippen LogP contribution in [-0.4, -0.2) is 27.6 Å². The van der Waals surface area contributed by atoms with Gasteiger partial charge in [-0.05, 0) is 19.9 Å². The van der Waals surface area contributed by atoms with Crippen molar-refractivity contribution in [2.24, 2.45) is 0 Å². The number of aryl methyl sites for hydroxylation is 1. The van der Waals surface area contributed by atoms with Gasteiger partial charge < -0.3 is 9.88 Å². The fraction of sp³-hybridized carbons (Fsp3) is 0.769. The summed E-state index contributed by atoms with van der Waals surface area (Å²) in [5, 5.41) is 4.10. The average molecular weight is 255 g/mol. The molecule has 2 unspecified atom stereocenters. The fourth-order valence-corrected chi connectivity index (χ4v) is 2.80. The summed E-state index contributed by atoms with van der Waals surface area (Å²) in [6.45, 7) is 7.79. The Morgan fingerprint density at radius 3 is 2.82 bits per heavy atom. The Morgan fingerprint density at radius 1 is 1.47 bits per heavy atom. The van der Waals surface area contributed by atoms with E-state index in [0.717, 1.165) is 24.0 Å². The number of aromatic nitrogens is 2. The molecular formula is C13H25N3S. The van der Waals surface area contributed by atoms with E-state index in [1.807, 2.05) is 25.0 Å². The highest BCUT2D eigenvalue weighted by Gasteiger charge is 2.15. The summed E-state index contributed by atoms with van der Waals surface area (Å²) >= 11 is 2.02. The lowest BCUT2D eigenvalue weighted by atomic mass is 10.3. The molecule has 0 aliphatic heterocycles. The van der Waals surface area contributed by atoms with E-state index in [4.69, 9.17) is 0 Å². The Morgan fingerprint density at radius 2 is 2.24 bits per heavy atom. The summed E-state index contributed by atoms with van der Waals surface area (Å²) in [6.07, 6.45) is 6.36. The molecule has 0 fully saturated rings. The first kappa shape index (κ1) is 14.6. The maximum atomic E-state index is 4.50. The zero-order valence-electron chi connectivity index (χ0n) is 11.4. The predicted octanol–water partition coefficient (Wildman–Crippen LogP) is 3.09. The summed E-state index contributed by atoms with van der Waals surface area (Å²) in [7, 11) is 2.02. The number of nitrogens with zero attached hydrogens (tertiary/aromatic N) is 2. The molecule has 1 heterocycles. The maximum absolute atomic E-state index is 4.50. The van der Waals surface area contributed by atoms with Crippen molar-refractivity contribution in [3.8, 4) is 0 Å². The average Bonchev–Trinajstić information content (AvgIpc) is 2.78. The van der Waals surface area contributed by atoms with Gasteiger partial charge in [0, 0.05) is 29.9 Å². The number of hydrogen-bond acceptors (Lipinski definition) is 3. The summed E-state index contributed by atoms with van der Waals surface area (Å²) in [4.78, 5) is 4.50. The zero-order valence-corrected chi connectivity index (χ0v) is 12.3. The van der Waals surface area contributed by atoms with E-state index in [-0.39, 0.29) is 0 Å². The lowest BCUT2D eigenvalue weighted by Crippen LogP contribution is -2.23. The van der Waals surface area contributed by atoms with E-state index in [0.29, 0.717) is 6.04 Å². The lowest BCUT2D eigenvalue weighted by Gasteiger charge is -2.19. The van der Waals surface area contributed by atoms with Crippen molar-refractivity contribution in [1.82, 2.24) is 14.9 Å². The summed E-state index contributed by atoms with van der Waals surface area (Å²) < 4.78 is 2.26. The standard InChI is InChI=1S/C13H25N3S/c1-5-8-16-9-7-15-13(16)12(14-4)10-17-11(3)6-2/h7,9,11-12,14H,5-6,8,10H2,1-4H3. The van der Waals surface area contributed by atoms with Crippen LogP contribution in [0.25, 0.3) is 0 Å². The molecule has 2 atom stereocenters. The quantitative estimate of drug-likeness (QED) is 0.774. The lowest BCUT2D eigenvalue weighted by molar-refractivity contribution is 0.551. The van der Waals surface area contributed by atoms with Gasteiger partial charge in [0.15, 0.2) is 0 Å². The third kappa shape index (κ3) is 4.36. The van der Waals surface area contributed by atoms with Crippen LogP contribution in [0.3, 0.4) is 0 Å². The molecule has 0 spiro atoms. The molecule has 1 N–H and O–H groups in total. The molecule has 0 saturated carbocycles. The largest absolute Gasteiger partial charge is 0.334 e. The zero-order chi connectivity index (χ0) is 12.7.